The summed E-state index contributed by atoms with van der Waals surface area (Å²) in [6.07, 6.45) is 3.46. The van der Waals surface area contributed by atoms with Crippen molar-refractivity contribution < 1.29 is 18.7 Å². The summed E-state index contributed by atoms with van der Waals surface area (Å²) >= 11 is 0. The molecule has 0 aromatic rings. The fraction of sp³-hybridized carbons (Fsp3) is 0.882. The number of ether oxygens (including phenoxy) is 1. The van der Waals surface area contributed by atoms with Gasteiger partial charge in [-0.15, -0.1) is 0 Å². The van der Waals surface area contributed by atoms with E-state index in [4.69, 9.17) is 4.74 Å². The molecule has 0 aromatic heterocycles. The first-order chi connectivity index (χ1) is 10.7. The third-order valence-electron chi connectivity index (χ3n) is 6.06. The van der Waals surface area contributed by atoms with E-state index in [1.54, 1.807) is 0 Å². The standard InChI is InChI=1S/C17H28FNO3Si/c1-23(2,3)5-4-22-15(21)19-17(11-20)13-6-12-7-14(17)10-16(18,8-12)9-13/h11-14H,4-10H2,1-3H3,(H,19,21)/t12?,13-,14+,16-,17-. The summed E-state index contributed by atoms with van der Waals surface area (Å²) in [4.78, 5) is 24.1. The fourth-order valence-electron chi connectivity index (χ4n) is 5.03. The van der Waals surface area contributed by atoms with Crippen molar-refractivity contribution in [1.29, 1.82) is 0 Å². The van der Waals surface area contributed by atoms with Crippen LogP contribution >= 0.6 is 0 Å². The monoisotopic (exact) mass is 341 g/mol. The van der Waals surface area contributed by atoms with E-state index in [9.17, 15) is 14.0 Å². The van der Waals surface area contributed by atoms with E-state index < -0.39 is 25.4 Å². The van der Waals surface area contributed by atoms with Gasteiger partial charge in [-0.2, -0.15) is 0 Å². The Hall–Kier alpha value is -0.913. The maximum absolute atomic E-state index is 14.8. The molecule has 4 aliphatic carbocycles. The third-order valence-corrected chi connectivity index (χ3v) is 7.77. The molecular formula is C17H28FNO3Si. The normalized spacial score (nSPS) is 41.7. The van der Waals surface area contributed by atoms with Crippen LogP contribution in [-0.4, -0.2) is 38.3 Å². The summed E-state index contributed by atoms with van der Waals surface area (Å²) < 4.78 is 20.1. The van der Waals surface area contributed by atoms with E-state index in [2.05, 4.69) is 25.0 Å². The number of aldehydes is 1. The molecule has 4 saturated carbocycles. The van der Waals surface area contributed by atoms with Gasteiger partial charge in [0.25, 0.3) is 0 Å². The Kier molecular flexibility index (Phi) is 4.10. The number of rotatable bonds is 5. The van der Waals surface area contributed by atoms with Crippen LogP contribution in [0.4, 0.5) is 9.18 Å². The topological polar surface area (TPSA) is 55.4 Å². The molecule has 0 aromatic carbocycles. The summed E-state index contributed by atoms with van der Waals surface area (Å²) in [5, 5.41) is 2.85. The van der Waals surface area contributed by atoms with E-state index in [1.165, 1.54) is 0 Å². The highest BCUT2D eigenvalue weighted by Crippen LogP contribution is 2.60. The van der Waals surface area contributed by atoms with Gasteiger partial charge in [-0.05, 0) is 55.9 Å². The number of nitrogens with one attached hydrogen (secondary N) is 1. The predicted molar refractivity (Wildman–Crippen MR) is 88.8 cm³/mol. The van der Waals surface area contributed by atoms with Gasteiger partial charge < -0.3 is 14.8 Å². The minimum atomic E-state index is -1.26. The van der Waals surface area contributed by atoms with E-state index in [0.717, 1.165) is 25.2 Å². The highest BCUT2D eigenvalue weighted by atomic mass is 28.3. The number of carbonyl (C=O) groups excluding carboxylic acids is 2. The molecule has 0 saturated heterocycles. The highest BCUT2D eigenvalue weighted by Gasteiger charge is 2.63. The van der Waals surface area contributed by atoms with Crippen LogP contribution in [0.2, 0.25) is 25.7 Å². The molecule has 6 heteroatoms. The summed E-state index contributed by atoms with van der Waals surface area (Å²) in [5.74, 6) is 0.205. The first-order valence-corrected chi connectivity index (χ1v) is 12.5. The average molecular weight is 341 g/mol. The lowest BCUT2D eigenvalue weighted by atomic mass is 9.48. The SMILES string of the molecule is C[Si](C)(C)CCOC(=O)N[C@]1(C=O)[C@@H]2CC3C[C@H]1C[C@@](F)(C3)C2. The van der Waals surface area contributed by atoms with Crippen LogP contribution in [0.3, 0.4) is 0 Å². The lowest BCUT2D eigenvalue weighted by molar-refractivity contribution is -0.147. The van der Waals surface area contributed by atoms with Gasteiger partial charge in [-0.1, -0.05) is 19.6 Å². The molecule has 1 N–H and O–H groups in total. The maximum Gasteiger partial charge on any atom is 0.407 e. The van der Waals surface area contributed by atoms with Gasteiger partial charge in [-0.25, -0.2) is 9.18 Å². The molecule has 4 rings (SSSR count). The zero-order chi connectivity index (χ0) is 16.9. The Balaban J connectivity index is 1.65. The second-order valence-electron chi connectivity index (χ2n) is 9.12. The van der Waals surface area contributed by atoms with Crippen LogP contribution in [0, 0.1) is 17.8 Å². The van der Waals surface area contributed by atoms with Gasteiger partial charge in [0.1, 0.15) is 17.5 Å². The van der Waals surface area contributed by atoms with Crippen LogP contribution in [0.15, 0.2) is 0 Å². The molecule has 0 heterocycles. The number of alkyl halides is 1. The fourth-order valence-corrected chi connectivity index (χ4v) is 5.75. The summed E-state index contributed by atoms with van der Waals surface area (Å²) in [6, 6.07) is 0.900. The van der Waals surface area contributed by atoms with Gasteiger partial charge in [-0.3, -0.25) is 0 Å². The molecule has 0 aliphatic heterocycles. The van der Waals surface area contributed by atoms with E-state index in [1.807, 2.05) is 0 Å². The lowest BCUT2D eigenvalue weighted by Gasteiger charge is -2.60. The molecule has 130 valence electrons. The van der Waals surface area contributed by atoms with Gasteiger partial charge in [0.15, 0.2) is 0 Å². The molecule has 0 radical (unpaired) electrons. The van der Waals surface area contributed by atoms with Crippen LogP contribution in [0.5, 0.6) is 0 Å². The Labute approximate surface area is 138 Å². The molecule has 4 nitrogen and oxygen atoms in total. The molecular weight excluding hydrogens is 313 g/mol. The lowest BCUT2D eigenvalue weighted by Crippen LogP contribution is -2.70. The third kappa shape index (κ3) is 3.19. The second-order valence-corrected chi connectivity index (χ2v) is 14.7. The van der Waals surface area contributed by atoms with Crippen molar-refractivity contribution in [3.63, 3.8) is 0 Å². The molecule has 0 spiro atoms. The highest BCUT2D eigenvalue weighted by molar-refractivity contribution is 6.76. The second kappa shape index (κ2) is 5.57. The Morgan fingerprint density at radius 1 is 1.26 bits per heavy atom. The number of amides is 1. The number of alkyl carbamates (subject to hydrolysis) is 1. The van der Waals surface area contributed by atoms with Crippen molar-refractivity contribution in [3.05, 3.63) is 0 Å². The minimum absolute atomic E-state index is 0.0826. The molecule has 4 aliphatic rings. The number of halogens is 1. The predicted octanol–water partition coefficient (Wildman–Crippen LogP) is 3.54. The first kappa shape index (κ1) is 16.9. The average Bonchev–Trinajstić information content (AvgIpc) is 2.39. The Bertz CT molecular complexity index is 489. The van der Waals surface area contributed by atoms with Crippen molar-refractivity contribution in [2.45, 2.75) is 69.0 Å². The zero-order valence-electron chi connectivity index (χ0n) is 14.4. The van der Waals surface area contributed by atoms with Crippen molar-refractivity contribution in [3.8, 4) is 0 Å². The summed E-state index contributed by atoms with van der Waals surface area (Å²) in [6.45, 7) is 7.06. The Morgan fingerprint density at radius 2 is 1.87 bits per heavy atom. The van der Waals surface area contributed by atoms with Crippen LogP contribution in [-0.2, 0) is 9.53 Å². The van der Waals surface area contributed by atoms with E-state index in [-0.39, 0.29) is 11.8 Å². The Morgan fingerprint density at radius 3 is 2.35 bits per heavy atom. The minimum Gasteiger partial charge on any atom is -0.450 e. The molecule has 4 bridgehead atoms. The van der Waals surface area contributed by atoms with Crippen molar-refractivity contribution in [2.75, 3.05) is 6.61 Å². The quantitative estimate of drug-likeness (QED) is 0.615. The molecule has 23 heavy (non-hydrogen) atoms. The van der Waals surface area contributed by atoms with E-state index >= 15 is 0 Å². The van der Waals surface area contributed by atoms with Gasteiger partial charge in [0.05, 0.1) is 6.61 Å². The number of hydrogen-bond acceptors (Lipinski definition) is 3. The summed E-state index contributed by atoms with van der Waals surface area (Å²) in [5.41, 5.74) is -2.03. The zero-order valence-corrected chi connectivity index (χ0v) is 15.4. The van der Waals surface area contributed by atoms with Gasteiger partial charge in [0, 0.05) is 8.07 Å². The van der Waals surface area contributed by atoms with Crippen molar-refractivity contribution >= 4 is 20.5 Å². The van der Waals surface area contributed by atoms with Crippen molar-refractivity contribution in [1.82, 2.24) is 5.32 Å². The largest absolute Gasteiger partial charge is 0.450 e. The van der Waals surface area contributed by atoms with Crippen LogP contribution in [0.25, 0.3) is 0 Å². The summed E-state index contributed by atoms with van der Waals surface area (Å²) in [7, 11) is -1.26. The number of hydrogen-bond donors (Lipinski definition) is 1. The van der Waals surface area contributed by atoms with Gasteiger partial charge >= 0.3 is 6.09 Å². The van der Waals surface area contributed by atoms with Gasteiger partial charge in [0.2, 0.25) is 0 Å². The van der Waals surface area contributed by atoms with E-state index in [0.29, 0.717) is 31.8 Å². The molecule has 5 atom stereocenters. The van der Waals surface area contributed by atoms with Crippen LogP contribution in [0.1, 0.15) is 32.1 Å². The van der Waals surface area contributed by atoms with Crippen LogP contribution < -0.4 is 5.32 Å². The maximum atomic E-state index is 14.8. The molecule has 4 fully saturated rings. The number of carbonyl (C=O) groups is 2. The van der Waals surface area contributed by atoms with Crippen molar-refractivity contribution in [2.24, 2.45) is 17.8 Å². The first-order valence-electron chi connectivity index (χ1n) is 8.76. The molecule has 1 amide bonds. The smallest absolute Gasteiger partial charge is 0.407 e. The molecule has 1 unspecified atom stereocenters.